The molecule has 0 saturated heterocycles. The highest BCUT2D eigenvalue weighted by atomic mass is 14.9. The number of pyridine rings is 1. The Morgan fingerprint density at radius 2 is 1.15 bits per heavy atom. The van der Waals surface area contributed by atoms with Crippen LogP contribution in [-0.4, -0.2) is 15.0 Å². The third-order valence-corrected chi connectivity index (χ3v) is 9.75. The fourth-order valence-electron chi connectivity index (χ4n) is 7.26. The van der Waals surface area contributed by atoms with E-state index in [1.807, 2.05) is 18.3 Å². The predicted molar refractivity (Wildman–Crippen MR) is 194 cm³/mol. The first-order valence-corrected chi connectivity index (χ1v) is 16.1. The molecule has 222 valence electrons. The maximum atomic E-state index is 5.20. The highest BCUT2D eigenvalue weighted by Crippen LogP contribution is 2.50. The van der Waals surface area contributed by atoms with Gasteiger partial charge in [-0.15, -0.1) is 0 Å². The molecule has 3 heteroatoms. The van der Waals surface area contributed by atoms with Crippen LogP contribution in [0.25, 0.3) is 77.7 Å². The number of rotatable bonds is 4. The molecular weight excluding hydrogens is 571 g/mol. The molecule has 0 fully saturated rings. The standard InChI is InChI=1S/C44H31N3/c1-44(2)39-16-7-6-15-35(39)38-23-31-19-17-28-18-20-32(24-36(28)37(31)25-40(38)44)42-26-41(29-10-4-3-5-11-29)46-43(47-42)33-13-8-12-30(22-33)34-14-9-21-45-27-34/h3-27H,1-2H3. The Balaban J connectivity index is 1.23. The second kappa shape index (κ2) is 10.6. The number of aromatic nitrogens is 3. The van der Waals surface area contributed by atoms with Crippen LogP contribution in [-0.2, 0) is 5.41 Å². The summed E-state index contributed by atoms with van der Waals surface area (Å²) in [6.07, 6.45) is 3.69. The molecule has 6 aromatic carbocycles. The molecule has 0 N–H and O–H groups in total. The molecule has 0 unspecified atom stereocenters. The topological polar surface area (TPSA) is 38.7 Å². The lowest BCUT2D eigenvalue weighted by atomic mass is 9.81. The summed E-state index contributed by atoms with van der Waals surface area (Å²) < 4.78 is 0. The summed E-state index contributed by atoms with van der Waals surface area (Å²) in [5.74, 6) is 0.697. The molecule has 1 aliphatic rings. The average Bonchev–Trinajstić information content (AvgIpc) is 3.36. The van der Waals surface area contributed by atoms with Crippen molar-refractivity contribution in [2.45, 2.75) is 19.3 Å². The lowest BCUT2D eigenvalue weighted by Crippen LogP contribution is -2.14. The first-order chi connectivity index (χ1) is 23.0. The van der Waals surface area contributed by atoms with Gasteiger partial charge in [-0.3, -0.25) is 4.98 Å². The van der Waals surface area contributed by atoms with Crippen molar-refractivity contribution in [1.29, 1.82) is 0 Å². The van der Waals surface area contributed by atoms with Gasteiger partial charge in [0.05, 0.1) is 11.4 Å². The van der Waals surface area contributed by atoms with Crippen molar-refractivity contribution in [3.8, 4) is 56.2 Å². The van der Waals surface area contributed by atoms with Gasteiger partial charge in [0, 0.05) is 40.1 Å². The van der Waals surface area contributed by atoms with Crippen molar-refractivity contribution in [3.05, 3.63) is 163 Å². The van der Waals surface area contributed by atoms with Crippen molar-refractivity contribution in [1.82, 2.24) is 15.0 Å². The van der Waals surface area contributed by atoms with E-state index in [1.165, 1.54) is 43.8 Å². The molecule has 0 radical (unpaired) electrons. The molecule has 0 amide bonds. The summed E-state index contributed by atoms with van der Waals surface area (Å²) in [7, 11) is 0. The van der Waals surface area contributed by atoms with Crippen molar-refractivity contribution >= 4 is 21.5 Å². The summed E-state index contributed by atoms with van der Waals surface area (Å²) in [5.41, 5.74) is 12.4. The van der Waals surface area contributed by atoms with Crippen molar-refractivity contribution in [2.24, 2.45) is 0 Å². The smallest absolute Gasteiger partial charge is 0.160 e. The SMILES string of the molecule is CC1(C)c2ccccc2-c2cc3ccc4ccc(-c5cc(-c6ccccc6)nc(-c6cccc(-c7cccnc7)c6)n5)cc4c3cc21. The third-order valence-electron chi connectivity index (χ3n) is 9.75. The quantitative estimate of drug-likeness (QED) is 0.188. The van der Waals surface area contributed by atoms with Crippen LogP contribution < -0.4 is 0 Å². The van der Waals surface area contributed by atoms with Crippen LogP contribution in [0.3, 0.4) is 0 Å². The molecule has 0 saturated carbocycles. The highest BCUT2D eigenvalue weighted by Gasteiger charge is 2.35. The Bertz CT molecular complexity index is 2480. The monoisotopic (exact) mass is 601 g/mol. The first-order valence-electron chi connectivity index (χ1n) is 16.1. The van der Waals surface area contributed by atoms with E-state index in [9.17, 15) is 0 Å². The van der Waals surface area contributed by atoms with E-state index < -0.39 is 0 Å². The van der Waals surface area contributed by atoms with Gasteiger partial charge in [-0.2, -0.15) is 0 Å². The molecule has 47 heavy (non-hydrogen) atoms. The molecule has 0 aliphatic heterocycles. The maximum absolute atomic E-state index is 5.20. The Labute approximate surface area is 274 Å². The van der Waals surface area contributed by atoms with E-state index in [0.717, 1.165) is 39.2 Å². The van der Waals surface area contributed by atoms with Crippen LogP contribution in [0.15, 0.2) is 152 Å². The zero-order valence-electron chi connectivity index (χ0n) is 26.3. The Kier molecular flexibility index (Phi) is 6.16. The van der Waals surface area contributed by atoms with Crippen LogP contribution in [0.1, 0.15) is 25.0 Å². The van der Waals surface area contributed by atoms with Gasteiger partial charge in [-0.05, 0) is 85.8 Å². The van der Waals surface area contributed by atoms with E-state index in [2.05, 4.69) is 146 Å². The van der Waals surface area contributed by atoms with Gasteiger partial charge in [-0.1, -0.05) is 117 Å². The summed E-state index contributed by atoms with van der Waals surface area (Å²) in [6, 6.07) is 49.8. The van der Waals surface area contributed by atoms with Crippen LogP contribution in [0.4, 0.5) is 0 Å². The fraction of sp³-hybridized carbons (Fsp3) is 0.0682. The van der Waals surface area contributed by atoms with Gasteiger partial charge in [0.15, 0.2) is 5.82 Å². The molecule has 1 aliphatic carbocycles. The van der Waals surface area contributed by atoms with Crippen molar-refractivity contribution in [2.75, 3.05) is 0 Å². The molecular formula is C44H31N3. The maximum Gasteiger partial charge on any atom is 0.160 e. The zero-order chi connectivity index (χ0) is 31.5. The first kappa shape index (κ1) is 27.4. The van der Waals surface area contributed by atoms with Gasteiger partial charge in [-0.25, -0.2) is 9.97 Å². The molecule has 0 bridgehead atoms. The summed E-state index contributed by atoms with van der Waals surface area (Å²) >= 11 is 0. The summed E-state index contributed by atoms with van der Waals surface area (Å²) in [6.45, 7) is 4.69. The molecule has 0 spiro atoms. The van der Waals surface area contributed by atoms with Crippen LogP contribution in [0, 0.1) is 0 Å². The molecule has 3 nitrogen and oxygen atoms in total. The average molecular weight is 602 g/mol. The van der Waals surface area contributed by atoms with E-state index in [4.69, 9.17) is 9.97 Å². The normalized spacial score (nSPS) is 13.1. The summed E-state index contributed by atoms with van der Waals surface area (Å²) in [4.78, 5) is 14.6. The molecule has 9 rings (SSSR count). The Hall–Kier alpha value is -5.93. The highest BCUT2D eigenvalue weighted by molar-refractivity contribution is 6.10. The number of benzene rings is 6. The Morgan fingerprint density at radius 1 is 0.447 bits per heavy atom. The lowest BCUT2D eigenvalue weighted by Gasteiger charge is -2.22. The number of hydrogen-bond donors (Lipinski definition) is 0. The lowest BCUT2D eigenvalue weighted by molar-refractivity contribution is 0.661. The minimum Gasteiger partial charge on any atom is -0.264 e. The summed E-state index contributed by atoms with van der Waals surface area (Å²) in [5, 5.41) is 4.97. The second-order valence-electron chi connectivity index (χ2n) is 12.9. The zero-order valence-corrected chi connectivity index (χ0v) is 26.3. The number of hydrogen-bond acceptors (Lipinski definition) is 3. The van der Waals surface area contributed by atoms with Gasteiger partial charge >= 0.3 is 0 Å². The molecule has 0 atom stereocenters. The minimum absolute atomic E-state index is 0.0591. The van der Waals surface area contributed by atoms with E-state index in [-0.39, 0.29) is 5.41 Å². The minimum atomic E-state index is -0.0591. The Morgan fingerprint density at radius 3 is 2.00 bits per heavy atom. The van der Waals surface area contributed by atoms with Gasteiger partial charge in [0.25, 0.3) is 0 Å². The van der Waals surface area contributed by atoms with E-state index in [1.54, 1.807) is 6.20 Å². The van der Waals surface area contributed by atoms with Crippen LogP contribution >= 0.6 is 0 Å². The van der Waals surface area contributed by atoms with Crippen molar-refractivity contribution in [3.63, 3.8) is 0 Å². The van der Waals surface area contributed by atoms with Crippen molar-refractivity contribution < 1.29 is 0 Å². The van der Waals surface area contributed by atoms with E-state index >= 15 is 0 Å². The second-order valence-corrected chi connectivity index (χ2v) is 12.9. The molecule has 8 aromatic rings. The van der Waals surface area contributed by atoms with Crippen LogP contribution in [0.2, 0.25) is 0 Å². The van der Waals surface area contributed by atoms with Crippen LogP contribution in [0.5, 0.6) is 0 Å². The van der Waals surface area contributed by atoms with Gasteiger partial charge < -0.3 is 0 Å². The van der Waals surface area contributed by atoms with Gasteiger partial charge in [0.2, 0.25) is 0 Å². The largest absolute Gasteiger partial charge is 0.264 e. The molecule has 2 aromatic heterocycles. The molecule has 2 heterocycles. The third kappa shape index (κ3) is 4.54. The number of fused-ring (bicyclic) bond motifs is 6. The predicted octanol–water partition coefficient (Wildman–Crippen LogP) is 11.2. The van der Waals surface area contributed by atoms with E-state index in [0.29, 0.717) is 5.82 Å². The van der Waals surface area contributed by atoms with Gasteiger partial charge in [0.1, 0.15) is 0 Å². The number of nitrogens with zero attached hydrogens (tertiary/aromatic N) is 3. The fourth-order valence-corrected chi connectivity index (χ4v) is 7.26.